The number of rotatable bonds is 4. The van der Waals surface area contributed by atoms with E-state index >= 15 is 0 Å². The first-order valence-electron chi connectivity index (χ1n) is 7.84. The zero-order chi connectivity index (χ0) is 15.5. The van der Waals surface area contributed by atoms with E-state index in [0.717, 1.165) is 31.8 Å². The highest BCUT2D eigenvalue weighted by Crippen LogP contribution is 2.30. The molecule has 0 spiro atoms. The highest BCUT2D eigenvalue weighted by atomic mass is 35.5. The molecular weight excluding hydrogens is 321 g/mol. The molecule has 22 heavy (non-hydrogen) atoms. The number of anilines is 1. The molecule has 1 heterocycles. The Morgan fingerprint density at radius 1 is 1.09 bits per heavy atom. The third kappa shape index (κ3) is 4.77. The average Bonchev–Trinajstić information content (AvgIpc) is 3.23. The number of piperidine rings is 1. The van der Waals surface area contributed by atoms with Crippen LogP contribution in [0.3, 0.4) is 0 Å². The molecule has 4 nitrogen and oxygen atoms in total. The van der Waals surface area contributed by atoms with Crippen LogP contribution in [0.25, 0.3) is 0 Å². The van der Waals surface area contributed by atoms with Crippen LogP contribution < -0.4 is 10.6 Å². The van der Waals surface area contributed by atoms with Gasteiger partial charge in [0.15, 0.2) is 0 Å². The molecule has 0 bridgehead atoms. The molecule has 2 N–H and O–H groups in total. The van der Waals surface area contributed by atoms with Crippen LogP contribution in [0, 0.1) is 5.92 Å². The highest BCUT2D eigenvalue weighted by molar-refractivity contribution is 6.35. The van der Waals surface area contributed by atoms with Gasteiger partial charge in [-0.2, -0.15) is 0 Å². The van der Waals surface area contributed by atoms with E-state index in [-0.39, 0.29) is 12.1 Å². The lowest BCUT2D eigenvalue weighted by Gasteiger charge is -2.32. The summed E-state index contributed by atoms with van der Waals surface area (Å²) in [5.74, 6) is 0.931. The summed E-state index contributed by atoms with van der Waals surface area (Å²) in [5, 5.41) is 6.85. The van der Waals surface area contributed by atoms with Crippen molar-refractivity contribution in [2.75, 3.05) is 25.0 Å². The first-order chi connectivity index (χ1) is 10.6. The number of halogens is 2. The minimum atomic E-state index is -0.195. The number of benzene rings is 1. The van der Waals surface area contributed by atoms with Crippen molar-refractivity contribution in [1.82, 2.24) is 10.2 Å². The van der Waals surface area contributed by atoms with E-state index in [1.165, 1.54) is 19.4 Å². The van der Waals surface area contributed by atoms with Crippen molar-refractivity contribution < 1.29 is 4.79 Å². The van der Waals surface area contributed by atoms with Crippen LogP contribution in [-0.4, -0.2) is 36.6 Å². The summed E-state index contributed by atoms with van der Waals surface area (Å²) in [4.78, 5) is 14.6. The lowest BCUT2D eigenvalue weighted by molar-refractivity contribution is 0.190. The molecule has 2 aliphatic rings. The van der Waals surface area contributed by atoms with Crippen LogP contribution in [0.1, 0.15) is 25.7 Å². The quantitative estimate of drug-likeness (QED) is 0.869. The average molecular weight is 342 g/mol. The lowest BCUT2D eigenvalue weighted by atomic mass is 10.0. The fraction of sp³-hybridized carbons (Fsp3) is 0.562. The first kappa shape index (κ1) is 15.9. The van der Waals surface area contributed by atoms with Crippen molar-refractivity contribution in [1.29, 1.82) is 0 Å². The van der Waals surface area contributed by atoms with Crippen LogP contribution >= 0.6 is 23.2 Å². The van der Waals surface area contributed by atoms with Gasteiger partial charge >= 0.3 is 6.03 Å². The molecule has 1 aromatic carbocycles. The first-order valence-corrected chi connectivity index (χ1v) is 8.60. The molecule has 1 aliphatic carbocycles. The van der Waals surface area contributed by atoms with E-state index in [1.807, 2.05) is 0 Å². The molecule has 1 saturated heterocycles. The number of carbonyl (C=O) groups is 1. The molecule has 0 radical (unpaired) electrons. The molecule has 3 rings (SSSR count). The van der Waals surface area contributed by atoms with Gasteiger partial charge in [-0.15, -0.1) is 0 Å². The maximum absolute atomic E-state index is 12.1. The van der Waals surface area contributed by atoms with Crippen LogP contribution in [0.15, 0.2) is 18.2 Å². The predicted octanol–water partition coefficient (Wildman–Crippen LogP) is 3.99. The number of amides is 2. The second-order valence-electron chi connectivity index (χ2n) is 6.27. The molecule has 1 saturated carbocycles. The molecule has 2 amide bonds. The molecule has 1 aliphatic heterocycles. The van der Waals surface area contributed by atoms with Crippen molar-refractivity contribution in [3.05, 3.63) is 28.2 Å². The maximum Gasteiger partial charge on any atom is 0.319 e. The number of nitrogens with zero attached hydrogens (tertiary/aromatic N) is 1. The Hall–Kier alpha value is -0.970. The third-order valence-electron chi connectivity index (χ3n) is 4.26. The summed E-state index contributed by atoms with van der Waals surface area (Å²) in [5.41, 5.74) is 0.612. The van der Waals surface area contributed by atoms with Crippen molar-refractivity contribution in [3.63, 3.8) is 0 Å². The topological polar surface area (TPSA) is 44.4 Å². The minimum absolute atomic E-state index is 0.195. The van der Waals surface area contributed by atoms with Gasteiger partial charge in [0.05, 0.1) is 0 Å². The van der Waals surface area contributed by atoms with Crippen molar-refractivity contribution >= 4 is 34.9 Å². The smallest absolute Gasteiger partial charge is 0.319 e. The van der Waals surface area contributed by atoms with E-state index in [1.54, 1.807) is 18.2 Å². The Balaban J connectivity index is 1.43. The van der Waals surface area contributed by atoms with E-state index in [0.29, 0.717) is 15.7 Å². The van der Waals surface area contributed by atoms with E-state index in [4.69, 9.17) is 23.2 Å². The molecule has 0 aromatic heterocycles. The lowest BCUT2D eigenvalue weighted by Crippen LogP contribution is -2.46. The van der Waals surface area contributed by atoms with Gasteiger partial charge in [-0.1, -0.05) is 23.2 Å². The molecule has 120 valence electrons. The minimum Gasteiger partial charge on any atom is -0.335 e. The normalized spacial score (nSPS) is 19.9. The van der Waals surface area contributed by atoms with Gasteiger partial charge in [0.25, 0.3) is 0 Å². The van der Waals surface area contributed by atoms with Crippen molar-refractivity contribution in [2.24, 2.45) is 5.92 Å². The molecule has 2 fully saturated rings. The number of hydrogen-bond donors (Lipinski definition) is 2. The Kier molecular flexibility index (Phi) is 5.11. The Morgan fingerprint density at radius 2 is 1.73 bits per heavy atom. The molecule has 0 atom stereocenters. The van der Waals surface area contributed by atoms with E-state index in [9.17, 15) is 4.79 Å². The van der Waals surface area contributed by atoms with E-state index < -0.39 is 0 Å². The van der Waals surface area contributed by atoms with Gasteiger partial charge in [-0.3, -0.25) is 0 Å². The number of likely N-dealkylation sites (tertiary alicyclic amines) is 1. The van der Waals surface area contributed by atoms with Gasteiger partial charge in [0, 0.05) is 41.4 Å². The van der Waals surface area contributed by atoms with Gasteiger partial charge in [-0.05, 0) is 49.8 Å². The summed E-state index contributed by atoms with van der Waals surface area (Å²) in [6.45, 7) is 3.38. The zero-order valence-corrected chi connectivity index (χ0v) is 14.0. The van der Waals surface area contributed by atoms with Crippen LogP contribution in [0.2, 0.25) is 10.0 Å². The molecule has 6 heteroatoms. The Bertz CT molecular complexity index is 520. The Morgan fingerprint density at radius 3 is 2.32 bits per heavy atom. The number of nitrogens with one attached hydrogen (secondary N) is 2. The molecule has 0 unspecified atom stereocenters. The summed E-state index contributed by atoms with van der Waals surface area (Å²) in [6, 6.07) is 5.06. The zero-order valence-electron chi connectivity index (χ0n) is 12.4. The largest absolute Gasteiger partial charge is 0.335 e. The van der Waals surface area contributed by atoms with Crippen LogP contribution in [-0.2, 0) is 0 Å². The Labute approximate surface area is 141 Å². The van der Waals surface area contributed by atoms with Gasteiger partial charge in [0.2, 0.25) is 0 Å². The predicted molar refractivity (Wildman–Crippen MR) is 90.8 cm³/mol. The highest BCUT2D eigenvalue weighted by Gasteiger charge is 2.27. The molecular formula is C16H21Cl2N3O. The summed E-state index contributed by atoms with van der Waals surface area (Å²) < 4.78 is 0. The van der Waals surface area contributed by atoms with Crippen molar-refractivity contribution in [2.45, 2.75) is 31.7 Å². The monoisotopic (exact) mass is 341 g/mol. The second-order valence-corrected chi connectivity index (χ2v) is 7.15. The third-order valence-corrected chi connectivity index (χ3v) is 4.69. The number of hydrogen-bond acceptors (Lipinski definition) is 2. The summed E-state index contributed by atoms with van der Waals surface area (Å²) >= 11 is 11.9. The number of urea groups is 1. The van der Waals surface area contributed by atoms with Gasteiger partial charge in [-0.25, -0.2) is 4.79 Å². The summed E-state index contributed by atoms with van der Waals surface area (Å²) in [6.07, 6.45) is 4.80. The van der Waals surface area contributed by atoms with Crippen molar-refractivity contribution in [3.8, 4) is 0 Å². The van der Waals surface area contributed by atoms with Crippen LogP contribution in [0.5, 0.6) is 0 Å². The van der Waals surface area contributed by atoms with E-state index in [2.05, 4.69) is 15.5 Å². The maximum atomic E-state index is 12.1. The fourth-order valence-corrected chi connectivity index (χ4v) is 3.43. The van der Waals surface area contributed by atoms with Gasteiger partial charge < -0.3 is 15.5 Å². The second kappa shape index (κ2) is 7.07. The molecule has 1 aromatic rings. The standard InChI is InChI=1S/C16H21Cl2N3O/c17-12-7-13(18)9-15(8-12)20-16(22)19-14-3-5-21(6-4-14)10-11-1-2-11/h7-9,11,14H,1-6,10H2,(H2,19,20,22). The summed E-state index contributed by atoms with van der Waals surface area (Å²) in [7, 11) is 0. The fourth-order valence-electron chi connectivity index (χ4n) is 2.90. The van der Waals surface area contributed by atoms with Crippen LogP contribution in [0.4, 0.5) is 10.5 Å². The number of carbonyl (C=O) groups excluding carboxylic acids is 1. The SMILES string of the molecule is O=C(Nc1cc(Cl)cc(Cl)c1)NC1CCN(CC2CC2)CC1. The van der Waals surface area contributed by atoms with Gasteiger partial charge in [0.1, 0.15) is 0 Å².